The van der Waals surface area contributed by atoms with Gasteiger partial charge in [-0.15, -0.1) is 0 Å². The van der Waals surface area contributed by atoms with Crippen molar-refractivity contribution in [3.05, 3.63) is 35.6 Å². The normalized spacial score (nSPS) is 20.4. The number of carbonyl (C=O) groups excluding carboxylic acids is 1. The summed E-state index contributed by atoms with van der Waals surface area (Å²) < 4.78 is 19.5. The number of carbonyl (C=O) groups is 1. The molecule has 28 heavy (non-hydrogen) atoms. The molecular weight excluding hydrogens is 355 g/mol. The van der Waals surface area contributed by atoms with Gasteiger partial charge in [0, 0.05) is 13.1 Å². The van der Waals surface area contributed by atoms with Gasteiger partial charge in [0.25, 0.3) is 0 Å². The third-order valence-electron chi connectivity index (χ3n) is 6.14. The third kappa shape index (κ3) is 5.47. The molecule has 5 heteroatoms. The highest BCUT2D eigenvalue weighted by Gasteiger charge is 2.38. The molecule has 1 aromatic rings. The molecule has 1 amide bonds. The monoisotopic (exact) mass is 390 g/mol. The lowest BCUT2D eigenvalue weighted by Gasteiger charge is -2.43. The molecule has 2 fully saturated rings. The summed E-state index contributed by atoms with van der Waals surface area (Å²) in [7, 11) is 0. The zero-order valence-electron chi connectivity index (χ0n) is 17.7. The Morgan fingerprint density at radius 1 is 1.14 bits per heavy atom. The first-order valence-electron chi connectivity index (χ1n) is 10.7. The summed E-state index contributed by atoms with van der Waals surface area (Å²) in [4.78, 5) is 16.8. The second kappa shape index (κ2) is 8.81. The fraction of sp³-hybridized carbons (Fsp3) is 0.696. The first-order valence-corrected chi connectivity index (χ1v) is 10.7. The molecule has 1 aromatic carbocycles. The van der Waals surface area contributed by atoms with Crippen LogP contribution in [0.5, 0.6) is 0 Å². The predicted molar refractivity (Wildman–Crippen MR) is 110 cm³/mol. The van der Waals surface area contributed by atoms with Gasteiger partial charge in [0.05, 0.1) is 0 Å². The van der Waals surface area contributed by atoms with Crippen molar-refractivity contribution >= 4 is 6.09 Å². The van der Waals surface area contributed by atoms with E-state index in [1.54, 1.807) is 6.07 Å². The number of benzene rings is 1. The first-order chi connectivity index (χ1) is 13.3. The number of likely N-dealkylation sites (tertiary alicyclic amines) is 2. The van der Waals surface area contributed by atoms with E-state index in [1.165, 1.54) is 32.0 Å². The maximum absolute atomic E-state index is 14.0. The molecule has 0 radical (unpaired) electrons. The molecule has 0 unspecified atom stereocenters. The van der Waals surface area contributed by atoms with Gasteiger partial charge >= 0.3 is 6.09 Å². The van der Waals surface area contributed by atoms with Crippen molar-refractivity contribution in [3.63, 3.8) is 0 Å². The lowest BCUT2D eigenvalue weighted by Crippen LogP contribution is -2.47. The zero-order valence-corrected chi connectivity index (χ0v) is 17.7. The van der Waals surface area contributed by atoms with Crippen LogP contribution in [-0.4, -0.2) is 54.2 Å². The highest BCUT2D eigenvalue weighted by Crippen LogP contribution is 2.40. The van der Waals surface area contributed by atoms with Gasteiger partial charge in [-0.1, -0.05) is 12.1 Å². The summed E-state index contributed by atoms with van der Waals surface area (Å²) in [6.45, 7) is 10.5. The minimum atomic E-state index is -0.482. The second-order valence-corrected chi connectivity index (χ2v) is 9.41. The molecule has 2 aliphatic heterocycles. The van der Waals surface area contributed by atoms with E-state index in [0.29, 0.717) is 13.1 Å². The lowest BCUT2D eigenvalue weighted by molar-refractivity contribution is 0.0156. The largest absolute Gasteiger partial charge is 0.444 e. The van der Waals surface area contributed by atoms with Gasteiger partial charge in [-0.3, -0.25) is 0 Å². The van der Waals surface area contributed by atoms with Crippen LogP contribution in [-0.2, 0) is 10.2 Å². The minimum Gasteiger partial charge on any atom is -0.444 e. The van der Waals surface area contributed by atoms with Crippen LogP contribution >= 0.6 is 0 Å². The van der Waals surface area contributed by atoms with Crippen LogP contribution in [0.15, 0.2) is 24.3 Å². The molecule has 0 N–H and O–H groups in total. The van der Waals surface area contributed by atoms with Crippen molar-refractivity contribution in [2.75, 3.05) is 32.7 Å². The number of hydrogen-bond donors (Lipinski definition) is 0. The average molecular weight is 391 g/mol. The van der Waals surface area contributed by atoms with Crippen LogP contribution in [0.4, 0.5) is 9.18 Å². The highest BCUT2D eigenvalue weighted by molar-refractivity contribution is 5.68. The van der Waals surface area contributed by atoms with Crippen molar-refractivity contribution < 1.29 is 13.9 Å². The van der Waals surface area contributed by atoms with Gasteiger partial charge in [0.2, 0.25) is 0 Å². The smallest absolute Gasteiger partial charge is 0.410 e. The second-order valence-electron chi connectivity index (χ2n) is 9.41. The van der Waals surface area contributed by atoms with Crippen LogP contribution in [0.2, 0.25) is 0 Å². The topological polar surface area (TPSA) is 32.8 Å². The van der Waals surface area contributed by atoms with Gasteiger partial charge in [-0.05, 0) is 102 Å². The zero-order chi connectivity index (χ0) is 20.2. The molecule has 156 valence electrons. The fourth-order valence-electron chi connectivity index (χ4n) is 4.59. The lowest BCUT2D eigenvalue weighted by atomic mass is 9.69. The standard InChI is InChI=1S/C23H35FN2O2/c1-22(2,3)28-21(27)26-16-11-23(12-17-26,19-8-6-9-20(24)18-19)10-7-15-25-13-4-5-14-25/h6,8-9,18H,4-5,7,10-17H2,1-3H3. The Hall–Kier alpha value is -1.62. The van der Waals surface area contributed by atoms with Gasteiger partial charge in [-0.2, -0.15) is 0 Å². The fourth-order valence-corrected chi connectivity index (χ4v) is 4.59. The molecule has 3 rings (SSSR count). The predicted octanol–water partition coefficient (Wildman–Crippen LogP) is 4.97. The summed E-state index contributed by atoms with van der Waals surface area (Å²) in [6.07, 6.45) is 6.24. The molecule has 0 bridgehead atoms. The van der Waals surface area contributed by atoms with Crippen molar-refractivity contribution in [1.29, 1.82) is 0 Å². The Labute approximate surface area is 169 Å². The maximum atomic E-state index is 14.0. The van der Waals surface area contributed by atoms with Crippen LogP contribution in [0.25, 0.3) is 0 Å². The van der Waals surface area contributed by atoms with E-state index in [9.17, 15) is 9.18 Å². The van der Waals surface area contributed by atoms with E-state index < -0.39 is 5.60 Å². The van der Waals surface area contributed by atoms with Gasteiger partial charge in [-0.25, -0.2) is 9.18 Å². The number of hydrogen-bond acceptors (Lipinski definition) is 3. The average Bonchev–Trinajstić information content (AvgIpc) is 3.14. The van der Waals surface area contributed by atoms with Crippen LogP contribution in [0, 0.1) is 5.82 Å². The van der Waals surface area contributed by atoms with E-state index in [2.05, 4.69) is 11.0 Å². The maximum Gasteiger partial charge on any atom is 0.410 e. The molecule has 0 aromatic heterocycles. The Morgan fingerprint density at radius 3 is 2.43 bits per heavy atom. The molecule has 0 atom stereocenters. The molecule has 2 saturated heterocycles. The van der Waals surface area contributed by atoms with Crippen molar-refractivity contribution in [2.24, 2.45) is 0 Å². The van der Waals surface area contributed by atoms with E-state index in [4.69, 9.17) is 4.74 Å². The summed E-state index contributed by atoms with van der Waals surface area (Å²) in [5, 5.41) is 0. The van der Waals surface area contributed by atoms with Crippen molar-refractivity contribution in [2.45, 2.75) is 70.3 Å². The van der Waals surface area contributed by atoms with E-state index in [1.807, 2.05) is 31.7 Å². The SMILES string of the molecule is CC(C)(C)OC(=O)N1CCC(CCCN2CCCC2)(c2cccc(F)c2)CC1. The van der Waals surface area contributed by atoms with E-state index >= 15 is 0 Å². The van der Waals surface area contributed by atoms with Crippen molar-refractivity contribution in [1.82, 2.24) is 9.80 Å². The molecule has 0 aliphatic carbocycles. The molecule has 0 saturated carbocycles. The summed E-state index contributed by atoms with van der Waals surface area (Å²) in [5.74, 6) is -0.175. The number of nitrogens with zero attached hydrogens (tertiary/aromatic N) is 2. The molecule has 2 aliphatic rings. The highest BCUT2D eigenvalue weighted by atomic mass is 19.1. The summed E-state index contributed by atoms with van der Waals surface area (Å²) in [6, 6.07) is 7.07. The Morgan fingerprint density at radius 2 is 1.82 bits per heavy atom. The molecular formula is C23H35FN2O2. The number of ether oxygens (including phenoxy) is 1. The molecule has 2 heterocycles. The van der Waals surface area contributed by atoms with Crippen LogP contribution in [0.3, 0.4) is 0 Å². The minimum absolute atomic E-state index is 0.0552. The first kappa shape index (κ1) is 21.1. The van der Waals surface area contributed by atoms with Crippen LogP contribution in [0.1, 0.15) is 64.9 Å². The van der Waals surface area contributed by atoms with E-state index in [0.717, 1.165) is 37.8 Å². The number of halogens is 1. The van der Waals surface area contributed by atoms with Gasteiger partial charge in [0.1, 0.15) is 11.4 Å². The Kier molecular flexibility index (Phi) is 6.64. The Balaban J connectivity index is 1.67. The molecule has 4 nitrogen and oxygen atoms in total. The van der Waals surface area contributed by atoms with Gasteiger partial charge in [0.15, 0.2) is 0 Å². The van der Waals surface area contributed by atoms with Crippen LogP contribution < -0.4 is 0 Å². The number of piperidine rings is 1. The Bertz CT molecular complexity index is 657. The summed E-state index contributed by atoms with van der Waals surface area (Å²) in [5.41, 5.74) is 0.544. The van der Waals surface area contributed by atoms with E-state index in [-0.39, 0.29) is 17.3 Å². The van der Waals surface area contributed by atoms with Crippen molar-refractivity contribution in [3.8, 4) is 0 Å². The number of rotatable bonds is 5. The summed E-state index contributed by atoms with van der Waals surface area (Å²) >= 11 is 0. The quantitative estimate of drug-likeness (QED) is 0.712. The molecule has 0 spiro atoms. The third-order valence-corrected chi connectivity index (χ3v) is 6.14. The number of amides is 1. The van der Waals surface area contributed by atoms with Gasteiger partial charge < -0.3 is 14.5 Å².